The first-order valence-electron chi connectivity index (χ1n) is 4.58. The van der Waals surface area contributed by atoms with Crippen LogP contribution in [0.5, 0.6) is 0 Å². The summed E-state index contributed by atoms with van der Waals surface area (Å²) in [6.07, 6.45) is 2.32. The van der Waals surface area contributed by atoms with Crippen molar-refractivity contribution in [2.45, 2.75) is 36.2 Å². The molecule has 0 aliphatic rings. The van der Waals surface area contributed by atoms with Crippen LogP contribution in [-0.2, 0) is 9.53 Å². The fourth-order valence-corrected chi connectivity index (χ4v) is 5.30. The average Bonchev–Trinajstić information content (AvgIpc) is 2.11. The van der Waals surface area contributed by atoms with Crippen LogP contribution in [0.15, 0.2) is 12.2 Å². The zero-order valence-electron chi connectivity index (χ0n) is 9.12. The molecule has 0 aliphatic carbocycles. The van der Waals surface area contributed by atoms with Crippen LogP contribution in [-0.4, -0.2) is 32.3 Å². The maximum absolute atomic E-state index is 11.3. The van der Waals surface area contributed by atoms with Crippen molar-refractivity contribution in [2.75, 3.05) is 0 Å². The van der Waals surface area contributed by atoms with E-state index in [2.05, 4.69) is 0 Å². The van der Waals surface area contributed by atoms with E-state index in [1.54, 1.807) is 26.8 Å². The van der Waals surface area contributed by atoms with Gasteiger partial charge in [0, 0.05) is 0 Å². The van der Waals surface area contributed by atoms with Gasteiger partial charge >= 0.3 is 117 Å². The standard InChI is InChI=1S/C9H14Cl4O2Te/c1-4-5-8(14)15-9(6(2)10)7(3)16(11,12)13/h4-7,9H,1-3H3/b5-4+/t6-,7+,9-/m1/s1. The number of halogens is 4. The Bertz CT molecular complexity index is 263. The third kappa shape index (κ3) is 6.19. The Kier molecular flexibility index (Phi) is 8.11. The van der Waals surface area contributed by atoms with Crippen LogP contribution in [0.25, 0.3) is 0 Å². The molecule has 0 aromatic carbocycles. The van der Waals surface area contributed by atoms with Gasteiger partial charge in [-0.25, -0.2) is 0 Å². The Labute approximate surface area is 116 Å². The summed E-state index contributed by atoms with van der Waals surface area (Å²) in [7, 11) is 17.8. The quantitative estimate of drug-likeness (QED) is 0.287. The fraction of sp³-hybridized carbons (Fsp3) is 0.667. The number of carbonyl (C=O) groups excluding carboxylic acids is 1. The summed E-state index contributed by atoms with van der Waals surface area (Å²) in [6.45, 7) is 5.18. The number of allylic oxidation sites excluding steroid dienone is 1. The van der Waals surface area contributed by atoms with Gasteiger partial charge in [0.25, 0.3) is 0 Å². The molecule has 0 aromatic rings. The topological polar surface area (TPSA) is 26.3 Å². The Balaban J connectivity index is 4.69. The summed E-state index contributed by atoms with van der Waals surface area (Å²) in [4.78, 5) is 11.3. The number of hydrogen-bond donors (Lipinski definition) is 0. The second-order valence-electron chi connectivity index (χ2n) is 3.23. The molecule has 0 rings (SSSR count). The van der Waals surface area contributed by atoms with E-state index in [0.717, 1.165) is 0 Å². The van der Waals surface area contributed by atoms with E-state index in [-0.39, 0.29) is 3.97 Å². The second kappa shape index (κ2) is 7.56. The van der Waals surface area contributed by atoms with Crippen LogP contribution in [0, 0.1) is 0 Å². The minimum absolute atomic E-state index is 0.311. The van der Waals surface area contributed by atoms with Crippen LogP contribution in [0.1, 0.15) is 20.8 Å². The van der Waals surface area contributed by atoms with Gasteiger partial charge in [-0.3, -0.25) is 0 Å². The molecule has 0 amide bonds. The molecule has 7 heteroatoms. The molecule has 2 nitrogen and oxygen atoms in total. The van der Waals surface area contributed by atoms with Crippen molar-refractivity contribution in [1.29, 1.82) is 0 Å². The van der Waals surface area contributed by atoms with Crippen molar-refractivity contribution in [3.63, 3.8) is 0 Å². The minimum atomic E-state index is -3.47. The van der Waals surface area contributed by atoms with E-state index in [9.17, 15) is 4.79 Å². The summed E-state index contributed by atoms with van der Waals surface area (Å²) in [6, 6.07) is 0. The van der Waals surface area contributed by atoms with Crippen molar-refractivity contribution in [3.05, 3.63) is 12.2 Å². The van der Waals surface area contributed by atoms with Gasteiger partial charge in [0.15, 0.2) is 0 Å². The summed E-state index contributed by atoms with van der Waals surface area (Å²) >= 11 is 2.47. The zero-order chi connectivity index (χ0) is 12.9. The first-order valence-corrected chi connectivity index (χ1v) is 15.2. The Morgan fingerprint density at radius 1 is 1.31 bits per heavy atom. The molecule has 0 spiro atoms. The third-order valence-corrected chi connectivity index (χ3v) is 11.0. The van der Waals surface area contributed by atoms with Crippen LogP contribution in [0.3, 0.4) is 0 Å². The molecule has 3 atom stereocenters. The molecule has 0 bridgehead atoms. The Morgan fingerprint density at radius 3 is 2.12 bits per heavy atom. The molecule has 96 valence electrons. The van der Waals surface area contributed by atoms with Crippen molar-refractivity contribution in [2.24, 2.45) is 0 Å². The summed E-state index contributed by atoms with van der Waals surface area (Å²) in [5.74, 6) is -0.469. The molecular weight excluding hydrogens is 410 g/mol. The number of carbonyl (C=O) groups is 1. The molecule has 0 aliphatic heterocycles. The van der Waals surface area contributed by atoms with Gasteiger partial charge in [0.05, 0.1) is 0 Å². The Hall–Kier alpha value is 1.16. The molecular formula is C9H14Cl4O2Te. The number of alkyl halides is 1. The second-order valence-corrected chi connectivity index (χ2v) is 21.5. The molecule has 0 saturated carbocycles. The molecule has 0 aromatic heterocycles. The number of ether oxygens (including phenoxy) is 1. The molecule has 0 radical (unpaired) electrons. The van der Waals surface area contributed by atoms with Crippen molar-refractivity contribution >= 4 is 59.3 Å². The van der Waals surface area contributed by atoms with Crippen molar-refractivity contribution in [3.8, 4) is 0 Å². The normalized spacial score (nSPS) is 19.2. The monoisotopic (exact) mass is 424 g/mol. The molecule has 16 heavy (non-hydrogen) atoms. The Morgan fingerprint density at radius 2 is 1.81 bits per heavy atom. The first kappa shape index (κ1) is 17.2. The molecule has 0 N–H and O–H groups in total. The van der Waals surface area contributed by atoms with E-state index in [1.165, 1.54) is 6.08 Å². The summed E-state index contributed by atoms with van der Waals surface area (Å²) in [5, 5.41) is -0.397. The number of rotatable bonds is 5. The number of esters is 1. The van der Waals surface area contributed by atoms with Crippen LogP contribution in [0.4, 0.5) is 0 Å². The first-order chi connectivity index (χ1) is 7.20. The van der Waals surface area contributed by atoms with E-state index >= 15 is 0 Å². The van der Waals surface area contributed by atoms with Crippen LogP contribution >= 0.6 is 38.5 Å². The SMILES string of the molecule is C/C=C/C(=O)O[C@H]([C@@H](C)Cl)[C@H](C)[Te](Cl)(Cl)Cl. The van der Waals surface area contributed by atoms with Crippen LogP contribution < -0.4 is 0 Å². The van der Waals surface area contributed by atoms with Crippen molar-refractivity contribution in [1.82, 2.24) is 0 Å². The summed E-state index contributed by atoms with van der Waals surface area (Å²) in [5.41, 5.74) is 0. The molecule has 0 heterocycles. The van der Waals surface area contributed by atoms with Crippen molar-refractivity contribution < 1.29 is 9.53 Å². The van der Waals surface area contributed by atoms with E-state index in [4.69, 9.17) is 43.2 Å². The van der Waals surface area contributed by atoms with Gasteiger partial charge < -0.3 is 0 Å². The van der Waals surface area contributed by atoms with Gasteiger partial charge in [0.2, 0.25) is 0 Å². The third-order valence-electron chi connectivity index (χ3n) is 1.89. The molecule has 0 saturated heterocycles. The zero-order valence-corrected chi connectivity index (χ0v) is 14.5. The predicted octanol–water partition coefficient (Wildman–Crippen LogP) is 4.15. The van der Waals surface area contributed by atoms with Gasteiger partial charge in [-0.15, -0.1) is 0 Å². The van der Waals surface area contributed by atoms with E-state index in [1.807, 2.05) is 0 Å². The van der Waals surface area contributed by atoms with Crippen LogP contribution in [0.2, 0.25) is 3.97 Å². The fourth-order valence-electron chi connectivity index (χ4n) is 1.02. The van der Waals surface area contributed by atoms with E-state index in [0.29, 0.717) is 0 Å². The van der Waals surface area contributed by atoms with Gasteiger partial charge in [-0.1, -0.05) is 0 Å². The predicted molar refractivity (Wildman–Crippen MR) is 72.7 cm³/mol. The van der Waals surface area contributed by atoms with Gasteiger partial charge in [0.1, 0.15) is 0 Å². The molecule has 0 unspecified atom stereocenters. The van der Waals surface area contributed by atoms with Gasteiger partial charge in [-0.2, -0.15) is 0 Å². The average molecular weight is 424 g/mol. The van der Waals surface area contributed by atoms with Gasteiger partial charge in [-0.05, 0) is 0 Å². The van der Waals surface area contributed by atoms with E-state index < -0.39 is 32.3 Å². The summed E-state index contributed by atoms with van der Waals surface area (Å²) < 4.78 is 4.87. The molecule has 0 fully saturated rings. The number of hydrogen-bond acceptors (Lipinski definition) is 2. The maximum atomic E-state index is 11.3.